The minimum Gasteiger partial charge on any atom is -0.457 e. The predicted molar refractivity (Wildman–Crippen MR) is 117 cm³/mol. The third kappa shape index (κ3) is 5.14. The highest BCUT2D eigenvalue weighted by atomic mass is 79.9. The molecular formula is C22H22BrNO3S. The topological polar surface area (TPSA) is 55.4 Å². The van der Waals surface area contributed by atoms with Crippen LogP contribution in [0.15, 0.2) is 82.2 Å². The maximum absolute atomic E-state index is 12.4. The molecule has 0 radical (unpaired) electrons. The maximum Gasteiger partial charge on any atom is 0.261 e. The van der Waals surface area contributed by atoms with Gasteiger partial charge in [0, 0.05) is 10.2 Å². The second-order valence-electron chi connectivity index (χ2n) is 7.46. The van der Waals surface area contributed by atoms with Gasteiger partial charge >= 0.3 is 0 Å². The highest BCUT2D eigenvalue weighted by Crippen LogP contribution is 2.28. The number of hydrogen-bond acceptors (Lipinski definition) is 3. The molecule has 0 aliphatic rings. The Kier molecular flexibility index (Phi) is 5.82. The summed E-state index contributed by atoms with van der Waals surface area (Å²) in [6, 6.07) is 21.3. The molecule has 3 aromatic carbocycles. The van der Waals surface area contributed by atoms with Crippen molar-refractivity contribution < 1.29 is 13.2 Å². The van der Waals surface area contributed by atoms with E-state index in [1.54, 1.807) is 48.5 Å². The molecule has 6 heteroatoms. The van der Waals surface area contributed by atoms with E-state index in [-0.39, 0.29) is 10.3 Å². The molecule has 0 aliphatic heterocycles. The summed E-state index contributed by atoms with van der Waals surface area (Å²) in [4.78, 5) is 0.204. The van der Waals surface area contributed by atoms with E-state index in [0.29, 0.717) is 11.4 Å². The summed E-state index contributed by atoms with van der Waals surface area (Å²) in [7, 11) is -3.63. The van der Waals surface area contributed by atoms with Crippen LogP contribution >= 0.6 is 15.9 Å². The standard InChI is InChI=1S/C22H22BrNO3S/c1-22(2,3)16-4-10-19(11-5-16)27-20-12-8-18(9-13-20)24-28(25,26)21-14-6-17(23)7-15-21/h4-15,24H,1-3H3. The lowest BCUT2D eigenvalue weighted by atomic mass is 9.87. The summed E-state index contributed by atoms with van der Waals surface area (Å²) in [5, 5.41) is 0. The van der Waals surface area contributed by atoms with Crippen LogP contribution in [0.5, 0.6) is 11.5 Å². The summed E-state index contributed by atoms with van der Waals surface area (Å²) in [6.45, 7) is 6.49. The molecule has 0 atom stereocenters. The molecule has 0 spiro atoms. The Hall–Kier alpha value is -2.31. The van der Waals surface area contributed by atoms with Gasteiger partial charge in [-0.05, 0) is 71.6 Å². The molecule has 0 bridgehead atoms. The van der Waals surface area contributed by atoms with Gasteiger partial charge < -0.3 is 4.74 Å². The van der Waals surface area contributed by atoms with Gasteiger partial charge in [0.2, 0.25) is 0 Å². The van der Waals surface area contributed by atoms with Crippen molar-refractivity contribution in [3.63, 3.8) is 0 Å². The number of ether oxygens (including phenoxy) is 1. The lowest BCUT2D eigenvalue weighted by Crippen LogP contribution is -2.12. The van der Waals surface area contributed by atoms with Gasteiger partial charge in [-0.15, -0.1) is 0 Å². The average Bonchev–Trinajstić information content (AvgIpc) is 2.63. The number of sulfonamides is 1. The van der Waals surface area contributed by atoms with E-state index < -0.39 is 10.0 Å². The molecule has 146 valence electrons. The smallest absolute Gasteiger partial charge is 0.261 e. The van der Waals surface area contributed by atoms with Crippen LogP contribution < -0.4 is 9.46 Å². The van der Waals surface area contributed by atoms with Gasteiger partial charge in [0.05, 0.1) is 4.90 Å². The normalized spacial score (nSPS) is 11.9. The highest BCUT2D eigenvalue weighted by Gasteiger charge is 2.15. The predicted octanol–water partition coefficient (Wildman–Crippen LogP) is 6.34. The summed E-state index contributed by atoms with van der Waals surface area (Å²) in [6.07, 6.45) is 0. The number of anilines is 1. The van der Waals surface area contributed by atoms with Crippen LogP contribution in [0.2, 0.25) is 0 Å². The zero-order chi connectivity index (χ0) is 20.4. The van der Waals surface area contributed by atoms with Crippen LogP contribution in [0.1, 0.15) is 26.3 Å². The van der Waals surface area contributed by atoms with Crippen molar-refractivity contribution in [2.75, 3.05) is 4.72 Å². The maximum atomic E-state index is 12.4. The summed E-state index contributed by atoms with van der Waals surface area (Å²) < 4.78 is 34.1. The third-order valence-electron chi connectivity index (χ3n) is 4.19. The van der Waals surface area contributed by atoms with Gasteiger partial charge in [-0.2, -0.15) is 0 Å². The molecular weight excluding hydrogens is 438 g/mol. The van der Waals surface area contributed by atoms with Crippen molar-refractivity contribution in [3.05, 3.63) is 82.8 Å². The van der Waals surface area contributed by atoms with Gasteiger partial charge in [0.15, 0.2) is 0 Å². The first-order valence-electron chi connectivity index (χ1n) is 8.80. The first-order valence-corrected chi connectivity index (χ1v) is 11.1. The zero-order valence-corrected chi connectivity index (χ0v) is 18.3. The fourth-order valence-electron chi connectivity index (χ4n) is 2.58. The molecule has 1 N–H and O–H groups in total. The summed E-state index contributed by atoms with van der Waals surface area (Å²) >= 11 is 3.30. The van der Waals surface area contributed by atoms with Crippen molar-refractivity contribution in [1.29, 1.82) is 0 Å². The van der Waals surface area contributed by atoms with Crippen LogP contribution in [-0.2, 0) is 15.4 Å². The Bertz CT molecular complexity index is 1040. The SMILES string of the molecule is CC(C)(C)c1ccc(Oc2ccc(NS(=O)(=O)c3ccc(Br)cc3)cc2)cc1. The Labute approximate surface area is 174 Å². The minimum atomic E-state index is -3.63. The molecule has 0 fully saturated rings. The molecule has 3 rings (SSSR count). The molecule has 0 heterocycles. The minimum absolute atomic E-state index is 0.0895. The fraction of sp³-hybridized carbons (Fsp3) is 0.182. The first kappa shape index (κ1) is 20.4. The van der Waals surface area contributed by atoms with E-state index in [1.807, 2.05) is 12.1 Å². The van der Waals surface area contributed by atoms with Gasteiger partial charge in [-0.1, -0.05) is 48.8 Å². The van der Waals surface area contributed by atoms with Crippen LogP contribution in [0.4, 0.5) is 5.69 Å². The van der Waals surface area contributed by atoms with E-state index in [2.05, 4.69) is 53.6 Å². The zero-order valence-electron chi connectivity index (χ0n) is 15.9. The molecule has 0 saturated heterocycles. The first-order chi connectivity index (χ1) is 13.1. The molecule has 0 saturated carbocycles. The molecule has 0 aliphatic carbocycles. The van der Waals surface area contributed by atoms with Gasteiger partial charge in [-0.3, -0.25) is 4.72 Å². The Balaban J connectivity index is 1.69. The van der Waals surface area contributed by atoms with Crippen LogP contribution in [0.3, 0.4) is 0 Å². The third-order valence-corrected chi connectivity index (χ3v) is 6.11. The Morgan fingerprint density at radius 3 is 1.79 bits per heavy atom. The van der Waals surface area contributed by atoms with Crippen molar-refractivity contribution >= 4 is 31.6 Å². The number of benzene rings is 3. The molecule has 0 aromatic heterocycles. The fourth-order valence-corrected chi connectivity index (χ4v) is 3.90. The van der Waals surface area contributed by atoms with Crippen molar-refractivity contribution in [1.82, 2.24) is 0 Å². The van der Waals surface area contributed by atoms with Gasteiger partial charge in [0.1, 0.15) is 11.5 Å². The lowest BCUT2D eigenvalue weighted by Gasteiger charge is -2.19. The highest BCUT2D eigenvalue weighted by molar-refractivity contribution is 9.10. The monoisotopic (exact) mass is 459 g/mol. The lowest BCUT2D eigenvalue weighted by molar-refractivity contribution is 0.481. The van der Waals surface area contributed by atoms with Crippen LogP contribution in [0, 0.1) is 0 Å². The number of nitrogens with one attached hydrogen (secondary N) is 1. The van der Waals surface area contributed by atoms with Crippen molar-refractivity contribution in [2.45, 2.75) is 31.1 Å². The van der Waals surface area contributed by atoms with E-state index in [0.717, 1.165) is 10.2 Å². The molecule has 0 unspecified atom stereocenters. The van der Waals surface area contributed by atoms with Crippen LogP contribution in [0.25, 0.3) is 0 Å². The molecule has 0 amide bonds. The van der Waals surface area contributed by atoms with E-state index in [9.17, 15) is 8.42 Å². The second-order valence-corrected chi connectivity index (χ2v) is 10.1. The van der Waals surface area contributed by atoms with E-state index in [4.69, 9.17) is 4.74 Å². The largest absolute Gasteiger partial charge is 0.457 e. The molecule has 4 nitrogen and oxygen atoms in total. The Morgan fingerprint density at radius 1 is 0.786 bits per heavy atom. The number of halogens is 1. The number of hydrogen-bond donors (Lipinski definition) is 1. The Morgan fingerprint density at radius 2 is 1.29 bits per heavy atom. The summed E-state index contributed by atoms with van der Waals surface area (Å²) in [5.41, 5.74) is 1.79. The number of rotatable bonds is 5. The average molecular weight is 460 g/mol. The van der Waals surface area contributed by atoms with Crippen molar-refractivity contribution in [3.8, 4) is 11.5 Å². The molecule has 3 aromatic rings. The van der Waals surface area contributed by atoms with Gasteiger partial charge in [0.25, 0.3) is 10.0 Å². The van der Waals surface area contributed by atoms with Gasteiger partial charge in [-0.25, -0.2) is 8.42 Å². The summed E-state index contributed by atoms with van der Waals surface area (Å²) in [5.74, 6) is 1.37. The van der Waals surface area contributed by atoms with E-state index >= 15 is 0 Å². The van der Waals surface area contributed by atoms with E-state index in [1.165, 1.54) is 5.56 Å². The molecule has 28 heavy (non-hydrogen) atoms. The second kappa shape index (κ2) is 7.97. The van der Waals surface area contributed by atoms with Crippen molar-refractivity contribution in [2.24, 2.45) is 0 Å². The quantitative estimate of drug-likeness (QED) is 0.484. The van der Waals surface area contributed by atoms with Crippen LogP contribution in [-0.4, -0.2) is 8.42 Å².